The van der Waals surface area contributed by atoms with Crippen LogP contribution in [0.2, 0.25) is 0 Å². The lowest BCUT2D eigenvalue weighted by molar-refractivity contribution is -0.123. The van der Waals surface area contributed by atoms with E-state index in [1.165, 1.54) is 0 Å². The maximum atomic E-state index is 12.0. The minimum atomic E-state index is -0.668. The number of fused-ring (bicyclic) bond motifs is 1. The molecule has 3 amide bonds. The normalized spacial score (nSPS) is 10.2. The second-order valence-electron chi connectivity index (χ2n) is 5.30. The average Bonchev–Trinajstić information content (AvgIpc) is 2.59. The number of ether oxygens (including phenoxy) is 1. The van der Waals surface area contributed by atoms with Crippen LogP contribution in [0, 0.1) is 0 Å². The lowest BCUT2D eigenvalue weighted by Crippen LogP contribution is -2.41. The number of carbonyl (C=O) groups excluding carboxylic acids is 3. The summed E-state index contributed by atoms with van der Waals surface area (Å²) in [5, 5.41) is 6.57. The molecule has 0 saturated carbocycles. The zero-order chi connectivity index (χ0) is 17.4. The Bertz CT molecular complexity index is 743. The Morgan fingerprint density at radius 1 is 1.04 bits per heavy atom. The Hall–Kier alpha value is -2.89. The van der Waals surface area contributed by atoms with Crippen LogP contribution in [0.3, 0.4) is 0 Å². The van der Waals surface area contributed by atoms with Crippen molar-refractivity contribution in [3.05, 3.63) is 48.0 Å². The van der Waals surface area contributed by atoms with Gasteiger partial charge in [-0.25, -0.2) is 9.59 Å². The molecular weight excluding hydrogens is 308 g/mol. The minimum Gasteiger partial charge on any atom is -0.452 e. The number of urea groups is 1. The molecular formula is C18H20N2O4. The topological polar surface area (TPSA) is 84.5 Å². The van der Waals surface area contributed by atoms with Gasteiger partial charge >= 0.3 is 12.0 Å². The molecule has 0 unspecified atom stereocenters. The van der Waals surface area contributed by atoms with Gasteiger partial charge in [0.25, 0.3) is 5.91 Å². The summed E-state index contributed by atoms with van der Waals surface area (Å²) in [5.41, 5.74) is 0.355. The number of amides is 3. The highest BCUT2D eigenvalue weighted by Crippen LogP contribution is 2.16. The van der Waals surface area contributed by atoms with Gasteiger partial charge in [0, 0.05) is 6.54 Å². The van der Waals surface area contributed by atoms with Gasteiger partial charge in [-0.2, -0.15) is 0 Å². The first-order valence-electron chi connectivity index (χ1n) is 7.83. The first-order chi connectivity index (χ1) is 11.6. The third-order valence-electron chi connectivity index (χ3n) is 3.39. The van der Waals surface area contributed by atoms with Crippen LogP contribution in [0.25, 0.3) is 10.8 Å². The number of hydrogen-bond acceptors (Lipinski definition) is 4. The average molecular weight is 328 g/mol. The van der Waals surface area contributed by atoms with Crippen LogP contribution in [0.1, 0.15) is 30.1 Å². The molecule has 0 aromatic heterocycles. The van der Waals surface area contributed by atoms with Crippen LogP contribution in [-0.2, 0) is 9.53 Å². The first kappa shape index (κ1) is 17.5. The highest BCUT2D eigenvalue weighted by molar-refractivity contribution is 5.98. The quantitative estimate of drug-likeness (QED) is 0.630. The molecule has 0 aliphatic rings. The molecule has 0 aliphatic carbocycles. The summed E-state index contributed by atoms with van der Waals surface area (Å²) in [7, 11) is 0. The fourth-order valence-electron chi connectivity index (χ4n) is 2.12. The smallest absolute Gasteiger partial charge is 0.338 e. The molecule has 0 spiro atoms. The molecule has 2 aromatic carbocycles. The molecule has 0 heterocycles. The van der Waals surface area contributed by atoms with Crippen LogP contribution >= 0.6 is 0 Å². The van der Waals surface area contributed by atoms with E-state index >= 15 is 0 Å². The van der Waals surface area contributed by atoms with Crippen LogP contribution in [0.15, 0.2) is 42.5 Å². The second-order valence-corrected chi connectivity index (χ2v) is 5.30. The Morgan fingerprint density at radius 2 is 1.79 bits per heavy atom. The van der Waals surface area contributed by atoms with E-state index in [-0.39, 0.29) is 0 Å². The zero-order valence-electron chi connectivity index (χ0n) is 13.5. The van der Waals surface area contributed by atoms with E-state index in [4.69, 9.17) is 4.74 Å². The summed E-state index contributed by atoms with van der Waals surface area (Å²) in [6.45, 7) is 1.98. The summed E-state index contributed by atoms with van der Waals surface area (Å²) < 4.78 is 4.93. The van der Waals surface area contributed by atoms with Crippen molar-refractivity contribution in [2.45, 2.75) is 19.8 Å². The molecule has 2 aromatic rings. The van der Waals surface area contributed by atoms with Crippen LogP contribution in [-0.4, -0.2) is 31.1 Å². The molecule has 0 fully saturated rings. The van der Waals surface area contributed by atoms with E-state index in [0.717, 1.165) is 23.6 Å². The van der Waals surface area contributed by atoms with Gasteiger partial charge in [-0.05, 0) is 29.3 Å². The largest absolute Gasteiger partial charge is 0.452 e. The first-order valence-corrected chi connectivity index (χ1v) is 7.83. The summed E-state index contributed by atoms with van der Waals surface area (Å²) in [6.07, 6.45) is 1.77. The van der Waals surface area contributed by atoms with Crippen molar-refractivity contribution in [1.82, 2.24) is 10.6 Å². The van der Waals surface area contributed by atoms with Gasteiger partial charge in [-0.15, -0.1) is 0 Å². The van der Waals surface area contributed by atoms with Gasteiger partial charge in [-0.3, -0.25) is 10.1 Å². The molecule has 0 atom stereocenters. The van der Waals surface area contributed by atoms with E-state index in [9.17, 15) is 14.4 Å². The second kappa shape index (κ2) is 8.67. The third kappa shape index (κ3) is 5.08. The Balaban J connectivity index is 1.83. The van der Waals surface area contributed by atoms with E-state index in [0.29, 0.717) is 12.1 Å². The molecule has 0 bridgehead atoms. The molecule has 6 nitrogen and oxygen atoms in total. The van der Waals surface area contributed by atoms with Crippen molar-refractivity contribution in [1.29, 1.82) is 0 Å². The number of unbranched alkanes of at least 4 members (excludes halogenated alkanes) is 1. The summed E-state index contributed by atoms with van der Waals surface area (Å²) in [5.74, 6) is -1.28. The van der Waals surface area contributed by atoms with Gasteiger partial charge in [0.2, 0.25) is 0 Å². The van der Waals surface area contributed by atoms with E-state index in [1.807, 2.05) is 37.3 Å². The summed E-state index contributed by atoms with van der Waals surface area (Å²) in [6, 6.07) is 12.2. The molecule has 6 heteroatoms. The summed E-state index contributed by atoms with van der Waals surface area (Å²) in [4.78, 5) is 35.0. The van der Waals surface area contributed by atoms with Gasteiger partial charge in [0.1, 0.15) is 0 Å². The molecule has 126 valence electrons. The van der Waals surface area contributed by atoms with E-state index < -0.39 is 24.5 Å². The van der Waals surface area contributed by atoms with Crippen LogP contribution in [0.4, 0.5) is 4.79 Å². The fourth-order valence-corrected chi connectivity index (χ4v) is 2.12. The maximum Gasteiger partial charge on any atom is 0.338 e. The molecule has 0 radical (unpaired) electrons. The van der Waals surface area contributed by atoms with Crippen molar-refractivity contribution in [2.75, 3.05) is 13.2 Å². The SMILES string of the molecule is CCCCNC(=O)NC(=O)COC(=O)c1ccc2ccccc2c1. The van der Waals surface area contributed by atoms with E-state index in [2.05, 4.69) is 10.6 Å². The van der Waals surface area contributed by atoms with Crippen LogP contribution < -0.4 is 10.6 Å². The number of carbonyl (C=O) groups is 3. The highest BCUT2D eigenvalue weighted by Gasteiger charge is 2.12. The number of imide groups is 1. The summed E-state index contributed by atoms with van der Waals surface area (Å²) >= 11 is 0. The van der Waals surface area contributed by atoms with Gasteiger partial charge < -0.3 is 10.1 Å². The predicted octanol–water partition coefficient (Wildman–Crippen LogP) is 2.62. The number of esters is 1. The molecule has 2 N–H and O–H groups in total. The zero-order valence-corrected chi connectivity index (χ0v) is 13.5. The predicted molar refractivity (Wildman–Crippen MR) is 90.7 cm³/mol. The Labute approximate surface area is 140 Å². The Kier molecular flexibility index (Phi) is 6.31. The van der Waals surface area contributed by atoms with Gasteiger partial charge in [0.05, 0.1) is 5.56 Å². The van der Waals surface area contributed by atoms with Crippen molar-refractivity contribution in [2.24, 2.45) is 0 Å². The number of benzene rings is 2. The van der Waals surface area contributed by atoms with Gasteiger partial charge in [0.15, 0.2) is 6.61 Å². The molecule has 2 rings (SSSR count). The fraction of sp³-hybridized carbons (Fsp3) is 0.278. The van der Waals surface area contributed by atoms with E-state index in [1.54, 1.807) is 12.1 Å². The minimum absolute atomic E-state index is 0.355. The van der Waals surface area contributed by atoms with Gasteiger partial charge in [-0.1, -0.05) is 43.7 Å². The highest BCUT2D eigenvalue weighted by atomic mass is 16.5. The lowest BCUT2D eigenvalue weighted by atomic mass is 10.1. The maximum absolute atomic E-state index is 12.0. The van der Waals surface area contributed by atoms with Crippen molar-refractivity contribution in [3.63, 3.8) is 0 Å². The number of hydrogen-bond donors (Lipinski definition) is 2. The van der Waals surface area contributed by atoms with Crippen molar-refractivity contribution < 1.29 is 19.1 Å². The van der Waals surface area contributed by atoms with Crippen molar-refractivity contribution in [3.8, 4) is 0 Å². The number of nitrogens with one attached hydrogen (secondary N) is 2. The number of rotatable bonds is 6. The van der Waals surface area contributed by atoms with Crippen molar-refractivity contribution >= 4 is 28.7 Å². The third-order valence-corrected chi connectivity index (χ3v) is 3.39. The van der Waals surface area contributed by atoms with Crippen LogP contribution in [0.5, 0.6) is 0 Å². The Morgan fingerprint density at radius 3 is 2.54 bits per heavy atom. The standard InChI is InChI=1S/C18H20N2O4/c1-2-3-10-19-18(23)20-16(21)12-24-17(22)15-9-8-13-6-4-5-7-14(13)11-15/h4-9,11H,2-3,10,12H2,1H3,(H2,19,20,21,23). The molecule has 0 saturated heterocycles. The monoisotopic (exact) mass is 328 g/mol. The lowest BCUT2D eigenvalue weighted by Gasteiger charge is -2.07. The molecule has 24 heavy (non-hydrogen) atoms. The molecule has 0 aliphatic heterocycles.